The van der Waals surface area contributed by atoms with Crippen LogP contribution in [0.5, 0.6) is 0 Å². The quantitative estimate of drug-likeness (QED) is 0.441. The van der Waals surface area contributed by atoms with Crippen LogP contribution in [-0.4, -0.2) is 0 Å². The van der Waals surface area contributed by atoms with E-state index in [0.29, 0.717) is 0 Å². The van der Waals surface area contributed by atoms with Gasteiger partial charge in [0.1, 0.15) is 0 Å². The molecule has 0 amide bonds. The monoisotopic (exact) mass is 340 g/mol. The molecule has 0 heterocycles. The van der Waals surface area contributed by atoms with Gasteiger partial charge in [0.25, 0.3) is 0 Å². The van der Waals surface area contributed by atoms with Crippen molar-refractivity contribution in [2.24, 2.45) is 53.3 Å². The summed E-state index contributed by atoms with van der Waals surface area (Å²) >= 11 is 0. The van der Waals surface area contributed by atoms with Gasteiger partial charge in [-0.2, -0.15) is 0 Å². The van der Waals surface area contributed by atoms with Gasteiger partial charge >= 0.3 is 0 Å². The zero-order chi connectivity index (χ0) is 17.0. The summed E-state index contributed by atoms with van der Waals surface area (Å²) in [5, 5.41) is 0. The molecular weight excluding hydrogens is 300 g/mol. The van der Waals surface area contributed by atoms with E-state index >= 15 is 0 Å². The van der Waals surface area contributed by atoms with Crippen LogP contribution < -0.4 is 0 Å². The first kappa shape index (κ1) is 16.9. The van der Waals surface area contributed by atoms with Gasteiger partial charge in [0, 0.05) is 0 Å². The third-order valence-electron chi connectivity index (χ3n) is 9.75. The third kappa shape index (κ3) is 2.85. The van der Waals surface area contributed by atoms with Gasteiger partial charge in [0.05, 0.1) is 0 Å². The molecular formula is C25H40. The molecule has 0 aromatic rings. The summed E-state index contributed by atoms with van der Waals surface area (Å²) in [6.07, 6.45) is 21.4. The van der Waals surface area contributed by atoms with Gasteiger partial charge in [-0.15, -0.1) is 0 Å². The normalized spacial score (nSPS) is 49.5. The van der Waals surface area contributed by atoms with E-state index in [9.17, 15) is 0 Å². The standard InChI is InChI=1S/C25H40/c1-16(2)18-8-10-21-19(15-18)9-12-25-23(21)14-13-22-20-6-4-3-5-17(20)7-11-24(22)25/h13,16-21,23-25H,3-12,14-15H2,1-2H3. The Morgan fingerprint density at radius 3 is 2.40 bits per heavy atom. The number of hydrogen-bond donors (Lipinski definition) is 0. The zero-order valence-electron chi connectivity index (χ0n) is 16.8. The maximum Gasteiger partial charge on any atom is -0.0169 e. The SMILES string of the molecule is CC(C)C1CCC2C(CCC3C4CCC5CCCCC5C4=CCC23)C1. The summed E-state index contributed by atoms with van der Waals surface area (Å²) in [6, 6.07) is 0. The van der Waals surface area contributed by atoms with Gasteiger partial charge in [-0.05, 0) is 117 Å². The van der Waals surface area contributed by atoms with E-state index in [1.165, 1.54) is 32.1 Å². The Hall–Kier alpha value is -0.260. The predicted octanol–water partition coefficient (Wildman–Crippen LogP) is 7.25. The molecule has 0 aromatic carbocycles. The first-order valence-electron chi connectivity index (χ1n) is 11.9. The van der Waals surface area contributed by atoms with Crippen molar-refractivity contribution in [1.29, 1.82) is 0 Å². The molecule has 0 radical (unpaired) electrons. The molecule has 5 aliphatic rings. The summed E-state index contributed by atoms with van der Waals surface area (Å²) in [6.45, 7) is 4.93. The maximum absolute atomic E-state index is 2.82. The summed E-state index contributed by atoms with van der Waals surface area (Å²) in [7, 11) is 0. The average Bonchev–Trinajstić information content (AvgIpc) is 2.66. The van der Waals surface area contributed by atoms with Crippen LogP contribution in [0.2, 0.25) is 0 Å². The van der Waals surface area contributed by atoms with Crippen molar-refractivity contribution in [3.05, 3.63) is 11.6 Å². The summed E-state index contributed by atoms with van der Waals surface area (Å²) in [4.78, 5) is 0. The Labute approximate surface area is 156 Å². The van der Waals surface area contributed by atoms with Crippen molar-refractivity contribution in [1.82, 2.24) is 0 Å². The van der Waals surface area contributed by atoms with E-state index < -0.39 is 0 Å². The second-order valence-corrected chi connectivity index (χ2v) is 10.9. The van der Waals surface area contributed by atoms with Crippen LogP contribution >= 0.6 is 0 Å². The Bertz CT molecular complexity index is 514. The van der Waals surface area contributed by atoms with Crippen LogP contribution in [0.3, 0.4) is 0 Å². The molecule has 0 heteroatoms. The Kier molecular flexibility index (Phi) is 4.54. The minimum absolute atomic E-state index is 0.915. The maximum atomic E-state index is 2.82. The highest BCUT2D eigenvalue weighted by Gasteiger charge is 2.49. The van der Waals surface area contributed by atoms with E-state index in [1.54, 1.807) is 44.9 Å². The van der Waals surface area contributed by atoms with Gasteiger partial charge in [-0.1, -0.05) is 38.3 Å². The molecule has 140 valence electrons. The molecule has 5 aliphatic carbocycles. The van der Waals surface area contributed by atoms with Gasteiger partial charge in [0.2, 0.25) is 0 Å². The highest BCUT2D eigenvalue weighted by molar-refractivity contribution is 5.22. The summed E-state index contributed by atoms with van der Waals surface area (Å²) < 4.78 is 0. The van der Waals surface area contributed by atoms with Gasteiger partial charge < -0.3 is 0 Å². The van der Waals surface area contributed by atoms with E-state index in [2.05, 4.69) is 19.9 Å². The largest absolute Gasteiger partial charge is 0.0845 e. The van der Waals surface area contributed by atoms with Crippen molar-refractivity contribution < 1.29 is 0 Å². The van der Waals surface area contributed by atoms with E-state index in [0.717, 1.165) is 53.3 Å². The van der Waals surface area contributed by atoms with Crippen LogP contribution in [0.4, 0.5) is 0 Å². The Morgan fingerprint density at radius 1 is 0.720 bits per heavy atom. The summed E-state index contributed by atoms with van der Waals surface area (Å²) in [5.74, 6) is 9.39. The number of hydrogen-bond acceptors (Lipinski definition) is 0. The number of rotatable bonds is 1. The molecule has 0 aromatic heterocycles. The zero-order valence-corrected chi connectivity index (χ0v) is 16.8. The molecule has 0 bridgehead atoms. The van der Waals surface area contributed by atoms with Crippen molar-refractivity contribution in [2.45, 2.75) is 90.9 Å². The highest BCUT2D eigenvalue weighted by Crippen LogP contribution is 2.59. The van der Waals surface area contributed by atoms with Crippen molar-refractivity contribution in [3.8, 4) is 0 Å². The van der Waals surface area contributed by atoms with Crippen LogP contribution in [0.25, 0.3) is 0 Å². The number of allylic oxidation sites excluding steroid dienone is 2. The first-order chi connectivity index (χ1) is 12.2. The highest BCUT2D eigenvalue weighted by atomic mass is 14.5. The van der Waals surface area contributed by atoms with Crippen LogP contribution in [0.1, 0.15) is 90.9 Å². The lowest BCUT2D eigenvalue weighted by Gasteiger charge is -2.55. The fourth-order valence-electron chi connectivity index (χ4n) is 8.48. The van der Waals surface area contributed by atoms with E-state index in [4.69, 9.17) is 0 Å². The van der Waals surface area contributed by atoms with Crippen LogP contribution in [-0.2, 0) is 0 Å². The molecule has 8 atom stereocenters. The van der Waals surface area contributed by atoms with Gasteiger partial charge in [-0.25, -0.2) is 0 Å². The molecule has 25 heavy (non-hydrogen) atoms. The van der Waals surface area contributed by atoms with Crippen LogP contribution in [0.15, 0.2) is 11.6 Å². The smallest absolute Gasteiger partial charge is 0.0169 e. The lowest BCUT2D eigenvalue weighted by atomic mass is 9.50. The molecule has 4 saturated carbocycles. The summed E-state index contributed by atoms with van der Waals surface area (Å²) in [5.41, 5.74) is 1.99. The topological polar surface area (TPSA) is 0 Å². The minimum atomic E-state index is 0.915. The van der Waals surface area contributed by atoms with Crippen molar-refractivity contribution in [2.75, 3.05) is 0 Å². The number of fused-ring (bicyclic) bond motifs is 7. The van der Waals surface area contributed by atoms with E-state index in [1.807, 2.05) is 5.57 Å². The fraction of sp³-hybridized carbons (Fsp3) is 0.920. The molecule has 0 spiro atoms. The van der Waals surface area contributed by atoms with E-state index in [-0.39, 0.29) is 0 Å². The molecule has 0 saturated heterocycles. The van der Waals surface area contributed by atoms with Crippen molar-refractivity contribution >= 4 is 0 Å². The average molecular weight is 341 g/mol. The molecule has 5 rings (SSSR count). The second kappa shape index (κ2) is 6.72. The van der Waals surface area contributed by atoms with Gasteiger partial charge in [-0.3, -0.25) is 0 Å². The Balaban J connectivity index is 1.35. The molecule has 4 fully saturated rings. The lowest BCUT2D eigenvalue weighted by Crippen LogP contribution is -2.46. The van der Waals surface area contributed by atoms with Crippen LogP contribution in [0, 0.1) is 53.3 Å². The lowest BCUT2D eigenvalue weighted by molar-refractivity contribution is -0.00800. The molecule has 0 N–H and O–H groups in total. The Morgan fingerprint density at radius 2 is 1.52 bits per heavy atom. The second-order valence-electron chi connectivity index (χ2n) is 10.9. The minimum Gasteiger partial charge on any atom is -0.0845 e. The van der Waals surface area contributed by atoms with Crippen molar-refractivity contribution in [3.63, 3.8) is 0 Å². The first-order valence-corrected chi connectivity index (χ1v) is 11.9. The molecule has 0 nitrogen and oxygen atoms in total. The molecule has 0 aliphatic heterocycles. The fourth-order valence-corrected chi connectivity index (χ4v) is 8.48. The third-order valence-corrected chi connectivity index (χ3v) is 9.75. The molecule has 8 unspecified atom stereocenters. The van der Waals surface area contributed by atoms with Gasteiger partial charge in [0.15, 0.2) is 0 Å². The predicted molar refractivity (Wildman–Crippen MR) is 106 cm³/mol.